The van der Waals surface area contributed by atoms with Gasteiger partial charge < -0.3 is 40.1 Å². The monoisotopic (exact) mass is 608 g/mol. The van der Waals surface area contributed by atoms with Crippen molar-refractivity contribution in [2.24, 2.45) is 45.8 Å². The maximum absolute atomic E-state index is 12.1. The maximum Gasteiger partial charge on any atom is 0.187 e. The Labute approximate surface area is 258 Å². The van der Waals surface area contributed by atoms with Crippen molar-refractivity contribution >= 4 is 0 Å². The Kier molecular flexibility index (Phi) is 9.34. The van der Waals surface area contributed by atoms with Crippen LogP contribution in [0, 0.1) is 45.8 Å². The SMILES string of the molecule is CC(C)=CCCC(C)(OC1OC(CO)C(O)C(O)C1O)C1CCC2(C)C1C(O)CC1C3CCC(O)C(C)(C)C3CCC12C. The van der Waals surface area contributed by atoms with E-state index in [-0.39, 0.29) is 34.2 Å². The lowest BCUT2D eigenvalue weighted by molar-refractivity contribution is -0.335. The number of aliphatic hydroxyl groups is 6. The number of hydrogen-bond donors (Lipinski definition) is 6. The van der Waals surface area contributed by atoms with Crippen molar-refractivity contribution in [3.8, 4) is 0 Å². The number of hydrogen-bond acceptors (Lipinski definition) is 8. The van der Waals surface area contributed by atoms with Gasteiger partial charge in [0.25, 0.3) is 0 Å². The van der Waals surface area contributed by atoms with Crippen LogP contribution in [0.5, 0.6) is 0 Å². The summed E-state index contributed by atoms with van der Waals surface area (Å²) in [6.45, 7) is 15.0. The van der Waals surface area contributed by atoms with E-state index in [1.807, 2.05) is 0 Å². The van der Waals surface area contributed by atoms with Crippen LogP contribution in [0.4, 0.5) is 0 Å². The second-order valence-corrected chi connectivity index (χ2v) is 16.6. The maximum atomic E-state index is 12.1. The second kappa shape index (κ2) is 11.9. The van der Waals surface area contributed by atoms with Gasteiger partial charge in [0.2, 0.25) is 0 Å². The Bertz CT molecular complexity index is 1030. The van der Waals surface area contributed by atoms with Gasteiger partial charge in [-0.05, 0) is 124 Å². The highest BCUT2D eigenvalue weighted by molar-refractivity contribution is 5.18. The number of allylic oxidation sites excluding steroid dienone is 2. The molecule has 248 valence electrons. The first-order chi connectivity index (χ1) is 20.0. The third kappa shape index (κ3) is 5.38. The minimum Gasteiger partial charge on any atom is -0.394 e. The third-order valence-electron chi connectivity index (χ3n) is 14.0. The van der Waals surface area contributed by atoms with E-state index in [0.717, 1.165) is 51.4 Å². The van der Waals surface area contributed by atoms with E-state index in [1.165, 1.54) is 5.57 Å². The molecule has 6 N–H and O–H groups in total. The second-order valence-electron chi connectivity index (χ2n) is 16.6. The lowest BCUT2D eigenvalue weighted by Gasteiger charge is -2.67. The predicted molar refractivity (Wildman–Crippen MR) is 164 cm³/mol. The van der Waals surface area contributed by atoms with E-state index >= 15 is 0 Å². The van der Waals surface area contributed by atoms with E-state index in [4.69, 9.17) is 9.47 Å². The molecule has 0 amide bonds. The molecule has 4 saturated carbocycles. The first-order valence-corrected chi connectivity index (χ1v) is 17.0. The van der Waals surface area contributed by atoms with Crippen LogP contribution in [-0.2, 0) is 9.47 Å². The Morgan fingerprint density at radius 1 is 0.884 bits per heavy atom. The number of aliphatic hydroxyl groups excluding tert-OH is 6. The molecule has 15 atom stereocenters. The summed E-state index contributed by atoms with van der Waals surface area (Å²) in [4.78, 5) is 0. The van der Waals surface area contributed by atoms with Crippen LogP contribution in [0.2, 0.25) is 0 Å². The van der Waals surface area contributed by atoms with Crippen LogP contribution in [0.1, 0.15) is 106 Å². The largest absolute Gasteiger partial charge is 0.394 e. The van der Waals surface area contributed by atoms with E-state index in [2.05, 4.69) is 54.5 Å². The Balaban J connectivity index is 1.46. The van der Waals surface area contributed by atoms with Gasteiger partial charge >= 0.3 is 0 Å². The normalized spacial score (nSPS) is 50.6. The molecule has 0 radical (unpaired) electrons. The zero-order chi connectivity index (χ0) is 31.7. The quantitative estimate of drug-likeness (QED) is 0.239. The highest BCUT2D eigenvalue weighted by atomic mass is 16.7. The summed E-state index contributed by atoms with van der Waals surface area (Å²) < 4.78 is 12.6. The molecule has 43 heavy (non-hydrogen) atoms. The molecule has 0 spiro atoms. The van der Waals surface area contributed by atoms with Crippen molar-refractivity contribution in [1.82, 2.24) is 0 Å². The summed E-state index contributed by atoms with van der Waals surface area (Å²) in [7, 11) is 0. The van der Waals surface area contributed by atoms with E-state index in [0.29, 0.717) is 24.2 Å². The summed E-state index contributed by atoms with van der Waals surface area (Å²) in [6, 6.07) is 0. The Morgan fingerprint density at radius 2 is 1.56 bits per heavy atom. The standard InChI is InChI=1S/C35H60O8/c1-19(2)9-8-14-35(7,43-31-30(41)29(40)28(39)25(18-36)42-31)22-13-16-34(6)27(22)24(37)17-23-20-10-11-26(38)32(3,4)21(20)12-15-33(23,34)5/h9,20-31,36-41H,8,10-18H2,1-7H3. The van der Waals surface area contributed by atoms with Gasteiger partial charge in [0.15, 0.2) is 6.29 Å². The molecule has 8 heteroatoms. The molecular weight excluding hydrogens is 548 g/mol. The molecule has 0 aromatic carbocycles. The predicted octanol–water partition coefficient (Wildman–Crippen LogP) is 3.93. The Hall–Kier alpha value is -0.580. The summed E-state index contributed by atoms with van der Waals surface area (Å²) in [6.07, 6.45) is 2.81. The fraction of sp³-hybridized carbons (Fsp3) is 0.943. The van der Waals surface area contributed by atoms with Crippen LogP contribution in [0.3, 0.4) is 0 Å². The van der Waals surface area contributed by atoms with Crippen molar-refractivity contribution in [3.05, 3.63) is 11.6 Å². The summed E-state index contributed by atoms with van der Waals surface area (Å²) >= 11 is 0. The highest BCUT2D eigenvalue weighted by Gasteiger charge is 2.69. The molecule has 15 unspecified atom stereocenters. The summed E-state index contributed by atoms with van der Waals surface area (Å²) in [5.41, 5.74) is 0.238. The number of rotatable bonds is 7. The molecule has 5 aliphatic rings. The van der Waals surface area contributed by atoms with Crippen molar-refractivity contribution in [1.29, 1.82) is 0 Å². The molecule has 5 fully saturated rings. The van der Waals surface area contributed by atoms with Crippen LogP contribution in [0.25, 0.3) is 0 Å². The molecule has 1 aliphatic heterocycles. The van der Waals surface area contributed by atoms with E-state index in [9.17, 15) is 30.6 Å². The average molecular weight is 609 g/mol. The minimum atomic E-state index is -1.50. The highest BCUT2D eigenvalue weighted by Crippen LogP contribution is 2.73. The van der Waals surface area contributed by atoms with Crippen molar-refractivity contribution < 1.29 is 40.1 Å². The van der Waals surface area contributed by atoms with Gasteiger partial charge in [-0.3, -0.25) is 0 Å². The lowest BCUT2D eigenvalue weighted by Crippen LogP contribution is -2.64. The van der Waals surface area contributed by atoms with Gasteiger partial charge in [-0.1, -0.05) is 39.3 Å². The Morgan fingerprint density at radius 3 is 2.21 bits per heavy atom. The van der Waals surface area contributed by atoms with Gasteiger partial charge in [0.1, 0.15) is 24.4 Å². The van der Waals surface area contributed by atoms with Gasteiger partial charge in [-0.25, -0.2) is 0 Å². The molecule has 8 nitrogen and oxygen atoms in total. The smallest absolute Gasteiger partial charge is 0.187 e. The van der Waals surface area contributed by atoms with Gasteiger partial charge in [0.05, 0.1) is 24.4 Å². The fourth-order valence-electron chi connectivity index (χ4n) is 11.2. The molecule has 0 aromatic rings. The zero-order valence-corrected chi connectivity index (χ0v) is 27.6. The molecule has 0 bridgehead atoms. The van der Waals surface area contributed by atoms with Crippen LogP contribution >= 0.6 is 0 Å². The molecule has 5 rings (SSSR count). The molecule has 4 aliphatic carbocycles. The van der Waals surface area contributed by atoms with Gasteiger partial charge in [-0.15, -0.1) is 0 Å². The van der Waals surface area contributed by atoms with Gasteiger partial charge in [-0.2, -0.15) is 0 Å². The van der Waals surface area contributed by atoms with Gasteiger partial charge in [0, 0.05) is 0 Å². The molecule has 0 aromatic heterocycles. The topological polar surface area (TPSA) is 140 Å². The fourth-order valence-corrected chi connectivity index (χ4v) is 11.2. The van der Waals surface area contributed by atoms with E-state index < -0.39 is 49.0 Å². The van der Waals surface area contributed by atoms with Crippen molar-refractivity contribution in [2.75, 3.05) is 6.61 Å². The number of ether oxygens (including phenoxy) is 2. The average Bonchev–Trinajstić information content (AvgIpc) is 3.32. The third-order valence-corrected chi connectivity index (χ3v) is 14.0. The number of fused-ring (bicyclic) bond motifs is 5. The molecule has 1 saturated heterocycles. The zero-order valence-electron chi connectivity index (χ0n) is 27.6. The summed E-state index contributed by atoms with van der Waals surface area (Å²) in [5.74, 6) is 1.34. The minimum absolute atomic E-state index is 0.00548. The molecule has 1 heterocycles. The van der Waals surface area contributed by atoms with Crippen LogP contribution < -0.4 is 0 Å². The van der Waals surface area contributed by atoms with Crippen LogP contribution in [0.15, 0.2) is 11.6 Å². The first kappa shape index (κ1) is 33.8. The first-order valence-electron chi connectivity index (χ1n) is 17.0. The molecular formula is C35H60O8. The van der Waals surface area contributed by atoms with Crippen molar-refractivity contribution in [3.63, 3.8) is 0 Å². The van der Waals surface area contributed by atoms with Crippen molar-refractivity contribution in [2.45, 2.75) is 155 Å². The lowest BCUT2D eigenvalue weighted by atomic mass is 9.39. The van der Waals surface area contributed by atoms with Crippen LogP contribution in [-0.4, -0.2) is 85.8 Å². The van der Waals surface area contributed by atoms with E-state index in [1.54, 1.807) is 0 Å². The summed E-state index contributed by atoms with van der Waals surface area (Å²) in [5, 5.41) is 64.6.